The van der Waals surface area contributed by atoms with Crippen LogP contribution in [0.3, 0.4) is 0 Å². The van der Waals surface area contributed by atoms with E-state index in [1.54, 1.807) is 0 Å². The van der Waals surface area contributed by atoms with E-state index < -0.39 is 0 Å². The molecule has 0 radical (unpaired) electrons. The summed E-state index contributed by atoms with van der Waals surface area (Å²) >= 11 is 0. The molecule has 0 aliphatic rings. The van der Waals surface area contributed by atoms with Crippen LogP contribution < -0.4 is 5.73 Å². The molecule has 1 aromatic rings. The van der Waals surface area contributed by atoms with Crippen molar-refractivity contribution in [1.82, 2.24) is 9.78 Å². The Labute approximate surface area is 79.9 Å². The van der Waals surface area contributed by atoms with Gasteiger partial charge in [0, 0.05) is 30.8 Å². The summed E-state index contributed by atoms with van der Waals surface area (Å²) in [5.74, 6) is 0. The molecular formula is C10H19N3. The Morgan fingerprint density at radius 2 is 2.15 bits per heavy atom. The van der Waals surface area contributed by atoms with Crippen molar-refractivity contribution in [3.8, 4) is 0 Å². The third-order valence-corrected chi connectivity index (χ3v) is 2.65. The number of nitrogens with zero attached hydrogens (tertiary/aromatic N) is 2. The Hall–Kier alpha value is -0.830. The van der Waals surface area contributed by atoms with Crippen molar-refractivity contribution < 1.29 is 0 Å². The van der Waals surface area contributed by atoms with E-state index in [-0.39, 0.29) is 5.41 Å². The molecule has 0 aromatic carbocycles. The van der Waals surface area contributed by atoms with Gasteiger partial charge in [-0.1, -0.05) is 20.8 Å². The van der Waals surface area contributed by atoms with Crippen LogP contribution in [0, 0.1) is 0 Å². The van der Waals surface area contributed by atoms with Crippen LogP contribution in [0.4, 0.5) is 0 Å². The van der Waals surface area contributed by atoms with E-state index in [0.29, 0.717) is 6.54 Å². The smallest absolute Gasteiger partial charge is 0.0725 e. The molecule has 0 amide bonds. The summed E-state index contributed by atoms with van der Waals surface area (Å²) < 4.78 is 1.84. The van der Waals surface area contributed by atoms with Crippen molar-refractivity contribution in [2.24, 2.45) is 12.8 Å². The molecular weight excluding hydrogens is 162 g/mol. The van der Waals surface area contributed by atoms with Gasteiger partial charge in [-0.2, -0.15) is 5.10 Å². The molecule has 1 rings (SSSR count). The molecule has 0 bridgehead atoms. The summed E-state index contributed by atoms with van der Waals surface area (Å²) in [4.78, 5) is 0. The number of nitrogens with two attached hydrogens (primary N) is 1. The minimum atomic E-state index is 0.135. The second-order valence-corrected chi connectivity index (χ2v) is 4.12. The molecule has 1 aromatic heterocycles. The van der Waals surface area contributed by atoms with Gasteiger partial charge in [0.15, 0.2) is 0 Å². The highest BCUT2D eigenvalue weighted by molar-refractivity contribution is 5.24. The molecule has 0 saturated heterocycles. The summed E-state index contributed by atoms with van der Waals surface area (Å²) in [5, 5.41) is 4.46. The van der Waals surface area contributed by atoms with Gasteiger partial charge >= 0.3 is 0 Å². The van der Waals surface area contributed by atoms with Gasteiger partial charge in [-0.05, 0) is 6.42 Å². The van der Waals surface area contributed by atoms with E-state index >= 15 is 0 Å². The van der Waals surface area contributed by atoms with Gasteiger partial charge in [0.25, 0.3) is 0 Å². The number of aromatic nitrogens is 2. The molecule has 0 aliphatic heterocycles. The fourth-order valence-corrected chi connectivity index (χ4v) is 1.42. The highest BCUT2D eigenvalue weighted by Crippen LogP contribution is 2.27. The summed E-state index contributed by atoms with van der Waals surface area (Å²) in [6.45, 7) is 7.16. The van der Waals surface area contributed by atoms with E-state index in [4.69, 9.17) is 5.73 Å². The minimum Gasteiger partial charge on any atom is -0.326 e. The Morgan fingerprint density at radius 3 is 2.62 bits per heavy atom. The third kappa shape index (κ3) is 1.91. The van der Waals surface area contributed by atoms with Gasteiger partial charge < -0.3 is 5.73 Å². The molecule has 3 heteroatoms. The van der Waals surface area contributed by atoms with Crippen LogP contribution in [-0.2, 0) is 19.0 Å². The topological polar surface area (TPSA) is 43.8 Å². The molecule has 0 spiro atoms. The lowest BCUT2D eigenvalue weighted by Gasteiger charge is -2.21. The van der Waals surface area contributed by atoms with Crippen LogP contribution in [0.5, 0.6) is 0 Å². The maximum atomic E-state index is 5.66. The number of rotatable bonds is 3. The Balaban J connectivity index is 3.12. The second-order valence-electron chi connectivity index (χ2n) is 4.12. The van der Waals surface area contributed by atoms with Crippen molar-refractivity contribution in [2.75, 3.05) is 0 Å². The maximum absolute atomic E-state index is 5.66. The molecule has 0 unspecified atom stereocenters. The number of aryl methyl sites for hydroxylation is 1. The summed E-state index contributed by atoms with van der Waals surface area (Å²) in [6, 6.07) is 0. The van der Waals surface area contributed by atoms with Crippen molar-refractivity contribution in [1.29, 1.82) is 0 Å². The first-order valence-corrected chi connectivity index (χ1v) is 4.74. The quantitative estimate of drug-likeness (QED) is 0.769. The standard InChI is InChI=1S/C10H19N3/c1-5-10(2,3)9-8(6-11)7-13(4)12-9/h7H,5-6,11H2,1-4H3. The largest absolute Gasteiger partial charge is 0.326 e. The first-order valence-electron chi connectivity index (χ1n) is 4.74. The third-order valence-electron chi connectivity index (χ3n) is 2.65. The zero-order valence-corrected chi connectivity index (χ0v) is 8.96. The first-order chi connectivity index (χ1) is 6.01. The molecule has 13 heavy (non-hydrogen) atoms. The Kier molecular flexibility index (Phi) is 2.76. The van der Waals surface area contributed by atoms with Crippen LogP contribution in [0.1, 0.15) is 38.4 Å². The number of hydrogen-bond acceptors (Lipinski definition) is 2. The van der Waals surface area contributed by atoms with Gasteiger partial charge in [-0.3, -0.25) is 4.68 Å². The van der Waals surface area contributed by atoms with Gasteiger partial charge in [0.05, 0.1) is 5.69 Å². The highest BCUT2D eigenvalue weighted by atomic mass is 15.3. The van der Waals surface area contributed by atoms with Crippen LogP contribution in [0.2, 0.25) is 0 Å². The average Bonchev–Trinajstić information content (AvgIpc) is 2.47. The fourth-order valence-electron chi connectivity index (χ4n) is 1.42. The maximum Gasteiger partial charge on any atom is 0.0725 e. The molecule has 1 heterocycles. The highest BCUT2D eigenvalue weighted by Gasteiger charge is 2.24. The summed E-state index contributed by atoms with van der Waals surface area (Å²) in [7, 11) is 1.94. The van der Waals surface area contributed by atoms with E-state index in [1.165, 1.54) is 0 Å². The normalized spacial score (nSPS) is 12.1. The lowest BCUT2D eigenvalue weighted by Crippen LogP contribution is -2.19. The zero-order chi connectivity index (χ0) is 10.1. The van der Waals surface area contributed by atoms with E-state index in [9.17, 15) is 0 Å². The molecule has 0 atom stereocenters. The SMILES string of the molecule is CCC(C)(C)c1nn(C)cc1CN. The van der Waals surface area contributed by atoms with Crippen molar-refractivity contribution >= 4 is 0 Å². The van der Waals surface area contributed by atoms with Crippen LogP contribution >= 0.6 is 0 Å². The Bertz CT molecular complexity index is 286. The average molecular weight is 181 g/mol. The lowest BCUT2D eigenvalue weighted by atomic mass is 9.84. The van der Waals surface area contributed by atoms with Gasteiger partial charge in [-0.15, -0.1) is 0 Å². The van der Waals surface area contributed by atoms with Gasteiger partial charge in [0.2, 0.25) is 0 Å². The monoisotopic (exact) mass is 181 g/mol. The molecule has 3 nitrogen and oxygen atoms in total. The molecule has 0 saturated carbocycles. The Morgan fingerprint density at radius 1 is 1.54 bits per heavy atom. The van der Waals surface area contributed by atoms with Gasteiger partial charge in [-0.25, -0.2) is 0 Å². The predicted octanol–water partition coefficient (Wildman–Crippen LogP) is 1.57. The van der Waals surface area contributed by atoms with E-state index in [1.807, 2.05) is 17.9 Å². The van der Waals surface area contributed by atoms with E-state index in [0.717, 1.165) is 17.7 Å². The minimum absolute atomic E-state index is 0.135. The summed E-state index contributed by atoms with van der Waals surface area (Å²) in [6.07, 6.45) is 3.09. The number of hydrogen-bond donors (Lipinski definition) is 1. The molecule has 0 fully saturated rings. The molecule has 2 N–H and O–H groups in total. The van der Waals surface area contributed by atoms with E-state index in [2.05, 4.69) is 25.9 Å². The zero-order valence-electron chi connectivity index (χ0n) is 8.96. The van der Waals surface area contributed by atoms with Crippen molar-refractivity contribution in [3.63, 3.8) is 0 Å². The molecule has 0 aliphatic carbocycles. The van der Waals surface area contributed by atoms with Crippen LogP contribution in [0.25, 0.3) is 0 Å². The second kappa shape index (κ2) is 3.50. The van der Waals surface area contributed by atoms with Crippen molar-refractivity contribution in [2.45, 2.75) is 39.2 Å². The predicted molar refractivity (Wildman–Crippen MR) is 54.4 cm³/mol. The van der Waals surface area contributed by atoms with Crippen LogP contribution in [-0.4, -0.2) is 9.78 Å². The van der Waals surface area contributed by atoms with Crippen LogP contribution in [0.15, 0.2) is 6.20 Å². The lowest BCUT2D eigenvalue weighted by molar-refractivity contribution is 0.478. The summed E-state index contributed by atoms with van der Waals surface area (Å²) in [5.41, 5.74) is 8.10. The fraction of sp³-hybridized carbons (Fsp3) is 0.700. The molecule has 74 valence electrons. The van der Waals surface area contributed by atoms with Crippen molar-refractivity contribution in [3.05, 3.63) is 17.5 Å². The van der Waals surface area contributed by atoms with Gasteiger partial charge in [0.1, 0.15) is 0 Å². The first kappa shape index (κ1) is 10.3.